The minimum absolute atomic E-state index is 0.00750. The number of carbonyl (C=O) groups excluding carboxylic acids is 2. The molecule has 9 heteroatoms. The Bertz CT molecular complexity index is 546. The molecule has 1 rings (SSSR count). The van der Waals surface area contributed by atoms with E-state index in [0.29, 0.717) is 0 Å². The van der Waals surface area contributed by atoms with Gasteiger partial charge in [0.2, 0.25) is 0 Å². The standard InChI is InChI=1S/C12H16F2N4O2S/c1-3-4-17-11(20)9-8(15)7(10(19)16-2)12(21-9)18-5-6(13)14/h3,6,18H,1,4-5,15H2,2H3,(H,16,19)(H,17,20). The Balaban J connectivity index is 3.13. The summed E-state index contributed by atoms with van der Waals surface area (Å²) in [6.07, 6.45) is -1.11. The first-order valence-electron chi connectivity index (χ1n) is 5.97. The van der Waals surface area contributed by atoms with Crippen LogP contribution in [0.25, 0.3) is 0 Å². The number of nitrogen functional groups attached to an aromatic ring is 1. The second-order valence-electron chi connectivity index (χ2n) is 3.90. The maximum atomic E-state index is 12.3. The second kappa shape index (κ2) is 7.58. The SMILES string of the molecule is C=CCNC(=O)c1sc(NCC(F)F)c(C(=O)NC)c1N. The fourth-order valence-corrected chi connectivity index (χ4v) is 2.54. The lowest BCUT2D eigenvalue weighted by Gasteiger charge is -2.06. The normalized spacial score (nSPS) is 10.3. The molecule has 0 aliphatic rings. The summed E-state index contributed by atoms with van der Waals surface area (Å²) in [5.74, 6) is -1.05. The number of thiophene rings is 1. The summed E-state index contributed by atoms with van der Waals surface area (Å²) in [4.78, 5) is 23.8. The van der Waals surface area contributed by atoms with Crippen molar-refractivity contribution in [3.63, 3.8) is 0 Å². The zero-order valence-corrected chi connectivity index (χ0v) is 12.2. The van der Waals surface area contributed by atoms with E-state index >= 15 is 0 Å². The molecule has 0 saturated carbocycles. The summed E-state index contributed by atoms with van der Waals surface area (Å²) >= 11 is 0.854. The minimum atomic E-state index is -2.59. The van der Waals surface area contributed by atoms with E-state index in [2.05, 4.69) is 22.5 Å². The number of halogens is 2. The van der Waals surface area contributed by atoms with Gasteiger partial charge >= 0.3 is 0 Å². The van der Waals surface area contributed by atoms with Gasteiger partial charge in [0.15, 0.2) is 0 Å². The Morgan fingerprint density at radius 3 is 2.62 bits per heavy atom. The fraction of sp³-hybridized carbons (Fsp3) is 0.333. The molecule has 0 radical (unpaired) electrons. The smallest absolute Gasteiger partial charge is 0.263 e. The molecule has 5 N–H and O–H groups in total. The van der Waals surface area contributed by atoms with Crippen molar-refractivity contribution in [2.24, 2.45) is 0 Å². The van der Waals surface area contributed by atoms with Crippen LogP contribution in [0.15, 0.2) is 12.7 Å². The fourth-order valence-electron chi connectivity index (χ4n) is 1.50. The highest BCUT2D eigenvalue weighted by molar-refractivity contribution is 7.19. The molecule has 0 aliphatic heterocycles. The molecular formula is C12H16F2N4O2S. The number of hydrogen-bond acceptors (Lipinski definition) is 5. The summed E-state index contributed by atoms with van der Waals surface area (Å²) < 4.78 is 24.6. The molecule has 116 valence electrons. The largest absolute Gasteiger partial charge is 0.397 e. The highest BCUT2D eigenvalue weighted by Crippen LogP contribution is 2.35. The van der Waals surface area contributed by atoms with Crippen LogP contribution in [-0.2, 0) is 0 Å². The zero-order chi connectivity index (χ0) is 16.0. The average Bonchev–Trinajstić information content (AvgIpc) is 2.78. The molecule has 0 bridgehead atoms. The number of alkyl halides is 2. The van der Waals surface area contributed by atoms with Crippen molar-refractivity contribution in [2.45, 2.75) is 6.43 Å². The molecule has 2 amide bonds. The summed E-state index contributed by atoms with van der Waals surface area (Å²) in [5, 5.41) is 7.44. The Morgan fingerprint density at radius 1 is 1.43 bits per heavy atom. The number of carbonyl (C=O) groups is 2. The first-order chi connectivity index (χ1) is 9.92. The molecule has 0 aromatic carbocycles. The van der Waals surface area contributed by atoms with Crippen LogP contribution in [0.3, 0.4) is 0 Å². The molecule has 0 fully saturated rings. The second-order valence-corrected chi connectivity index (χ2v) is 4.92. The van der Waals surface area contributed by atoms with Crippen molar-refractivity contribution in [3.05, 3.63) is 23.1 Å². The summed E-state index contributed by atoms with van der Waals surface area (Å²) in [5.41, 5.74) is 5.74. The van der Waals surface area contributed by atoms with E-state index in [1.165, 1.54) is 13.1 Å². The Labute approximate surface area is 124 Å². The maximum Gasteiger partial charge on any atom is 0.263 e. The van der Waals surface area contributed by atoms with Crippen molar-refractivity contribution >= 4 is 33.8 Å². The summed E-state index contributed by atoms with van der Waals surface area (Å²) in [6.45, 7) is 3.05. The Hall–Kier alpha value is -2.16. The van der Waals surface area contributed by atoms with E-state index in [0.717, 1.165) is 11.3 Å². The first-order valence-corrected chi connectivity index (χ1v) is 6.79. The highest BCUT2D eigenvalue weighted by Gasteiger charge is 2.25. The number of nitrogens with two attached hydrogens (primary N) is 1. The van der Waals surface area contributed by atoms with Gasteiger partial charge in [-0.25, -0.2) is 8.78 Å². The molecule has 0 spiro atoms. The third kappa shape index (κ3) is 4.15. The molecular weight excluding hydrogens is 302 g/mol. The van der Waals surface area contributed by atoms with Crippen molar-refractivity contribution in [3.8, 4) is 0 Å². The molecule has 1 aromatic rings. The highest BCUT2D eigenvalue weighted by atomic mass is 32.1. The van der Waals surface area contributed by atoms with E-state index in [-0.39, 0.29) is 27.7 Å². The molecule has 0 saturated heterocycles. The topological polar surface area (TPSA) is 96.2 Å². The predicted octanol–water partition coefficient (Wildman–Crippen LogP) is 1.28. The third-order valence-corrected chi connectivity index (χ3v) is 3.59. The molecule has 21 heavy (non-hydrogen) atoms. The Morgan fingerprint density at radius 2 is 2.10 bits per heavy atom. The third-order valence-electron chi connectivity index (χ3n) is 2.43. The van der Waals surface area contributed by atoms with Gasteiger partial charge in [0.25, 0.3) is 18.2 Å². The van der Waals surface area contributed by atoms with Crippen LogP contribution in [0, 0.1) is 0 Å². The molecule has 0 aliphatic carbocycles. The summed E-state index contributed by atoms with van der Waals surface area (Å²) in [7, 11) is 1.38. The zero-order valence-electron chi connectivity index (χ0n) is 11.3. The number of amides is 2. The van der Waals surface area contributed by atoms with Gasteiger partial charge in [-0.1, -0.05) is 6.08 Å². The minimum Gasteiger partial charge on any atom is -0.397 e. The molecule has 0 atom stereocenters. The van der Waals surface area contributed by atoms with Crippen molar-refractivity contribution in [1.29, 1.82) is 0 Å². The van der Waals surface area contributed by atoms with Crippen LogP contribution < -0.4 is 21.7 Å². The average molecular weight is 318 g/mol. The van der Waals surface area contributed by atoms with Crippen LogP contribution in [0.1, 0.15) is 20.0 Å². The van der Waals surface area contributed by atoms with Gasteiger partial charge in [-0.15, -0.1) is 17.9 Å². The number of rotatable bonds is 7. The molecule has 1 aromatic heterocycles. The lowest BCUT2D eigenvalue weighted by molar-refractivity contribution is 0.0960. The van der Waals surface area contributed by atoms with E-state index in [4.69, 9.17) is 5.73 Å². The maximum absolute atomic E-state index is 12.3. The van der Waals surface area contributed by atoms with Crippen molar-refractivity contribution < 1.29 is 18.4 Å². The summed E-state index contributed by atoms with van der Waals surface area (Å²) in [6, 6.07) is 0. The van der Waals surface area contributed by atoms with Crippen molar-refractivity contribution in [2.75, 3.05) is 31.2 Å². The lowest BCUT2D eigenvalue weighted by Crippen LogP contribution is -2.24. The van der Waals surface area contributed by atoms with Gasteiger partial charge in [0.1, 0.15) is 9.88 Å². The van der Waals surface area contributed by atoms with Crippen LogP contribution in [0.4, 0.5) is 19.5 Å². The van der Waals surface area contributed by atoms with Gasteiger partial charge in [0.05, 0.1) is 17.8 Å². The number of nitrogens with one attached hydrogen (secondary N) is 3. The number of hydrogen-bond donors (Lipinski definition) is 4. The van der Waals surface area contributed by atoms with Crippen LogP contribution in [-0.4, -0.2) is 38.4 Å². The van der Waals surface area contributed by atoms with Gasteiger partial charge in [-0.2, -0.15) is 0 Å². The predicted molar refractivity (Wildman–Crippen MR) is 79.1 cm³/mol. The first kappa shape index (κ1) is 16.9. The quantitative estimate of drug-likeness (QED) is 0.570. The van der Waals surface area contributed by atoms with Gasteiger partial charge in [-0.3, -0.25) is 9.59 Å². The van der Waals surface area contributed by atoms with Gasteiger partial charge < -0.3 is 21.7 Å². The van der Waals surface area contributed by atoms with E-state index in [9.17, 15) is 18.4 Å². The molecule has 1 heterocycles. The van der Waals surface area contributed by atoms with Gasteiger partial charge in [0, 0.05) is 13.6 Å². The van der Waals surface area contributed by atoms with Gasteiger partial charge in [-0.05, 0) is 0 Å². The lowest BCUT2D eigenvalue weighted by atomic mass is 10.2. The number of anilines is 2. The van der Waals surface area contributed by atoms with Crippen molar-refractivity contribution in [1.82, 2.24) is 10.6 Å². The van der Waals surface area contributed by atoms with Crippen LogP contribution in [0.5, 0.6) is 0 Å². The molecule has 6 nitrogen and oxygen atoms in total. The van der Waals surface area contributed by atoms with Crippen LogP contribution in [0.2, 0.25) is 0 Å². The van der Waals surface area contributed by atoms with Crippen LogP contribution >= 0.6 is 11.3 Å². The van der Waals surface area contributed by atoms with E-state index < -0.39 is 24.8 Å². The van der Waals surface area contributed by atoms with E-state index in [1.54, 1.807) is 0 Å². The monoisotopic (exact) mass is 318 g/mol. The van der Waals surface area contributed by atoms with E-state index in [1.807, 2.05) is 0 Å². The molecule has 0 unspecified atom stereocenters. The Kier molecular flexibility index (Phi) is 6.10.